The Balaban J connectivity index is 1.86. The number of alkyl halides is 3. The molecule has 2 amide bonds. The number of halogens is 3. The van der Waals surface area contributed by atoms with Gasteiger partial charge in [0, 0.05) is 36.6 Å². The van der Waals surface area contributed by atoms with E-state index in [4.69, 9.17) is 5.73 Å². The van der Waals surface area contributed by atoms with Crippen LogP contribution in [0.1, 0.15) is 22.3 Å². The summed E-state index contributed by atoms with van der Waals surface area (Å²) in [6.45, 7) is 0.193. The van der Waals surface area contributed by atoms with E-state index in [1.165, 1.54) is 29.2 Å². The van der Waals surface area contributed by atoms with E-state index in [2.05, 4.69) is 20.6 Å². The fourth-order valence-electron chi connectivity index (χ4n) is 2.96. The van der Waals surface area contributed by atoms with Crippen molar-refractivity contribution in [1.82, 2.24) is 15.3 Å². The van der Waals surface area contributed by atoms with Crippen molar-refractivity contribution in [3.05, 3.63) is 41.6 Å². The fourth-order valence-corrected chi connectivity index (χ4v) is 2.96. The third-order valence-electron chi connectivity index (χ3n) is 4.31. The summed E-state index contributed by atoms with van der Waals surface area (Å²) >= 11 is 0. The molecule has 1 aliphatic rings. The second kappa shape index (κ2) is 7.81. The lowest BCUT2D eigenvalue weighted by atomic mass is 10.2. The highest BCUT2D eigenvalue weighted by molar-refractivity contribution is 5.93. The van der Waals surface area contributed by atoms with Crippen LogP contribution in [0.5, 0.6) is 0 Å². The normalized spacial score (nSPS) is 16.5. The lowest BCUT2D eigenvalue weighted by Crippen LogP contribution is -2.44. The molecule has 1 saturated heterocycles. The maximum atomic E-state index is 13.4. The number of carboxylic acid groups (broad SMARTS) is 1. The number of hydrogen-bond donors (Lipinski definition) is 3. The number of anilines is 3. The van der Waals surface area contributed by atoms with E-state index < -0.39 is 29.8 Å². The number of benzene rings is 1. The molecule has 0 radical (unpaired) electrons. The molecule has 3 rings (SSSR count). The Bertz CT molecular complexity index is 920. The Morgan fingerprint density at radius 2 is 1.93 bits per heavy atom. The molecule has 12 heteroatoms. The zero-order valence-electron chi connectivity index (χ0n) is 14.9. The molecule has 1 atom stereocenters. The highest BCUT2D eigenvalue weighted by Gasteiger charge is 2.38. The summed E-state index contributed by atoms with van der Waals surface area (Å²) in [4.78, 5) is 30.8. The van der Waals surface area contributed by atoms with Crippen molar-refractivity contribution >= 4 is 29.5 Å². The fraction of sp³-hybridized carbons (Fsp3) is 0.294. The number of carbonyl (C=O) groups is 2. The molecule has 1 aromatic heterocycles. The quantitative estimate of drug-likeness (QED) is 0.666. The number of hydrogen-bond acceptors (Lipinski definition) is 7. The number of amides is 2. The monoisotopic (exact) mass is 409 g/mol. The van der Waals surface area contributed by atoms with Gasteiger partial charge in [0.2, 0.25) is 11.9 Å². The topological polar surface area (TPSA) is 136 Å². The van der Waals surface area contributed by atoms with E-state index >= 15 is 0 Å². The van der Waals surface area contributed by atoms with Crippen LogP contribution in [0, 0.1) is 0 Å². The summed E-state index contributed by atoms with van der Waals surface area (Å²) in [6, 6.07) is 5.36. The number of nitrogens with two attached hydrogens (primary N) is 1. The Labute approximate surface area is 162 Å². The van der Waals surface area contributed by atoms with Gasteiger partial charge in [0.05, 0.1) is 0 Å². The zero-order valence-corrected chi connectivity index (χ0v) is 14.9. The molecule has 0 aliphatic carbocycles. The highest BCUT2D eigenvalue weighted by Crippen LogP contribution is 2.36. The van der Waals surface area contributed by atoms with Gasteiger partial charge in [0.1, 0.15) is 17.5 Å². The molecular weight excluding hydrogens is 393 g/mol. The lowest BCUT2D eigenvalue weighted by molar-refractivity contribution is -0.251. The van der Waals surface area contributed by atoms with Crippen molar-refractivity contribution in [3.63, 3.8) is 0 Å². The van der Waals surface area contributed by atoms with Gasteiger partial charge in [-0.3, -0.25) is 4.79 Å². The van der Waals surface area contributed by atoms with E-state index in [0.717, 1.165) is 0 Å². The number of aromatic nitrogens is 2. The zero-order chi connectivity index (χ0) is 21.2. The van der Waals surface area contributed by atoms with E-state index in [0.29, 0.717) is 18.3 Å². The SMILES string of the molecule is NC(=O)c1ccc(Nc2ncc(C(F)(F)F)c(N3CCC(NC(=O)[O-])C3)n2)cc1. The third-order valence-corrected chi connectivity index (χ3v) is 4.31. The second-order valence-corrected chi connectivity index (χ2v) is 6.36. The van der Waals surface area contributed by atoms with Crippen LogP contribution in [0.25, 0.3) is 0 Å². The predicted octanol–water partition coefficient (Wildman–Crippen LogP) is 0.849. The standard InChI is InChI=1S/C17H17F3N6O3/c18-17(19,20)12-7-22-15(23-10-3-1-9(2-4-10)13(21)27)25-14(12)26-6-5-11(8-26)24-16(28)29/h1-4,7,11,24H,5-6,8H2,(H2,21,27)(H,28,29)(H,22,23,25)/p-1. The molecule has 154 valence electrons. The van der Waals surface area contributed by atoms with Crippen LogP contribution in [0.2, 0.25) is 0 Å². The van der Waals surface area contributed by atoms with Crippen LogP contribution in [-0.4, -0.2) is 41.1 Å². The molecule has 9 nitrogen and oxygen atoms in total. The van der Waals surface area contributed by atoms with Gasteiger partial charge >= 0.3 is 6.18 Å². The minimum absolute atomic E-state index is 0.0147. The number of rotatable bonds is 5. The first kappa shape index (κ1) is 20.2. The van der Waals surface area contributed by atoms with E-state index in [-0.39, 0.29) is 30.4 Å². The Morgan fingerprint density at radius 1 is 1.24 bits per heavy atom. The van der Waals surface area contributed by atoms with Crippen LogP contribution in [0.3, 0.4) is 0 Å². The second-order valence-electron chi connectivity index (χ2n) is 6.36. The van der Waals surface area contributed by atoms with Crippen LogP contribution in [0.4, 0.5) is 35.4 Å². The molecule has 29 heavy (non-hydrogen) atoms. The van der Waals surface area contributed by atoms with E-state index in [1.54, 1.807) is 0 Å². The Hall–Kier alpha value is -3.57. The van der Waals surface area contributed by atoms with Crippen molar-refractivity contribution in [1.29, 1.82) is 0 Å². The summed E-state index contributed by atoms with van der Waals surface area (Å²) in [5.41, 5.74) is 4.85. The summed E-state index contributed by atoms with van der Waals surface area (Å²) < 4.78 is 40.2. The summed E-state index contributed by atoms with van der Waals surface area (Å²) in [5, 5.41) is 15.6. The number of primary amides is 1. The van der Waals surface area contributed by atoms with Crippen molar-refractivity contribution in [3.8, 4) is 0 Å². The predicted molar refractivity (Wildman–Crippen MR) is 94.4 cm³/mol. The van der Waals surface area contributed by atoms with Crippen LogP contribution < -0.4 is 26.4 Å². The largest absolute Gasteiger partial charge is 0.530 e. The maximum absolute atomic E-state index is 13.4. The van der Waals surface area contributed by atoms with Gasteiger partial charge in [-0.05, 0) is 30.7 Å². The van der Waals surface area contributed by atoms with Gasteiger partial charge in [-0.25, -0.2) is 4.98 Å². The molecule has 1 aromatic carbocycles. The minimum atomic E-state index is -4.68. The first-order valence-electron chi connectivity index (χ1n) is 8.47. The molecule has 1 unspecified atom stereocenters. The van der Waals surface area contributed by atoms with E-state index in [9.17, 15) is 27.9 Å². The molecule has 0 bridgehead atoms. The molecule has 2 heterocycles. The summed E-state index contributed by atoms with van der Waals surface area (Å²) in [7, 11) is 0. The molecule has 1 fully saturated rings. The average molecular weight is 409 g/mol. The van der Waals surface area contributed by atoms with Crippen molar-refractivity contribution in [2.24, 2.45) is 5.73 Å². The first-order valence-corrected chi connectivity index (χ1v) is 8.47. The highest BCUT2D eigenvalue weighted by atomic mass is 19.4. The summed E-state index contributed by atoms with van der Waals surface area (Å²) in [5.74, 6) is -1.05. The lowest BCUT2D eigenvalue weighted by Gasteiger charge is -2.22. The van der Waals surface area contributed by atoms with Crippen LogP contribution in [0.15, 0.2) is 30.5 Å². The van der Waals surface area contributed by atoms with Crippen LogP contribution >= 0.6 is 0 Å². The molecule has 2 aromatic rings. The van der Waals surface area contributed by atoms with Gasteiger partial charge in [-0.15, -0.1) is 0 Å². The van der Waals surface area contributed by atoms with Gasteiger partial charge in [0.15, 0.2) is 0 Å². The molecule has 0 spiro atoms. The number of nitrogens with one attached hydrogen (secondary N) is 2. The molecule has 4 N–H and O–H groups in total. The first-order chi connectivity index (χ1) is 13.6. The van der Waals surface area contributed by atoms with Gasteiger partial charge < -0.3 is 31.2 Å². The minimum Gasteiger partial charge on any atom is -0.530 e. The third kappa shape index (κ3) is 4.83. The number of carbonyl (C=O) groups excluding carboxylic acids is 2. The van der Waals surface area contributed by atoms with Crippen molar-refractivity contribution in [2.45, 2.75) is 18.6 Å². The molecule has 0 saturated carbocycles. The smallest absolute Gasteiger partial charge is 0.421 e. The maximum Gasteiger partial charge on any atom is 0.421 e. The average Bonchev–Trinajstić information content (AvgIpc) is 3.09. The Morgan fingerprint density at radius 3 is 2.52 bits per heavy atom. The van der Waals surface area contributed by atoms with Crippen molar-refractivity contribution < 1.29 is 27.9 Å². The van der Waals surface area contributed by atoms with Gasteiger partial charge in [0.25, 0.3) is 0 Å². The molecule has 1 aliphatic heterocycles. The van der Waals surface area contributed by atoms with E-state index in [1.807, 2.05) is 0 Å². The Kier molecular flexibility index (Phi) is 5.43. The number of nitrogens with zero attached hydrogens (tertiary/aromatic N) is 3. The van der Waals surface area contributed by atoms with Crippen molar-refractivity contribution in [2.75, 3.05) is 23.3 Å². The summed E-state index contributed by atoms with van der Waals surface area (Å²) in [6.07, 6.45) is -5.19. The van der Waals surface area contributed by atoms with Gasteiger partial charge in [-0.1, -0.05) is 0 Å². The molecular formula is C17H16F3N6O3-. The van der Waals surface area contributed by atoms with Gasteiger partial charge in [-0.2, -0.15) is 18.2 Å². The van der Waals surface area contributed by atoms with Crippen LogP contribution in [-0.2, 0) is 6.18 Å².